The number of methoxy groups -OCH3 is 2. The molecule has 1 aromatic heterocycles. The first-order valence-corrected chi connectivity index (χ1v) is 14.4. The molecule has 1 saturated heterocycles. The standard InChI is InChI=1S/C31H27Cl2FN4O4/c1-41-11-10-37-25-14-24-19-9-7-16(29(39)42-2)12-23(19)36-38(24)28(25)26(20-4-3-5-21(33)27(20)34)31(37)15-17-6-8-18(32)13-22(17)35-30(31)40/h3-9,12-13,25-26,28H,10-11,14-15H2,1-2H3,(H,35,40)/t25-,26-,28+,31+/m0/s1. The van der Waals surface area contributed by atoms with E-state index in [1.165, 1.54) is 13.2 Å². The summed E-state index contributed by atoms with van der Waals surface area (Å²) < 4.78 is 28.4. The van der Waals surface area contributed by atoms with E-state index in [-0.39, 0.29) is 17.0 Å². The largest absolute Gasteiger partial charge is 0.465 e. The molecule has 216 valence electrons. The van der Waals surface area contributed by atoms with Crippen LogP contribution in [0, 0.1) is 5.82 Å². The molecule has 3 aromatic carbocycles. The fourth-order valence-electron chi connectivity index (χ4n) is 7.41. The normalized spacial score (nSPS) is 24.5. The zero-order valence-electron chi connectivity index (χ0n) is 22.9. The monoisotopic (exact) mass is 608 g/mol. The SMILES string of the molecule is COCCN1[C@H]2Cc3c4ccc(C(=O)OC)cc4nn3[C@H]2[C@H](c2cccc(Cl)c2F)[C@@]12Cc1ccc(Cl)cc1NC2=O. The first-order valence-electron chi connectivity index (χ1n) is 13.7. The number of fused-ring (bicyclic) bond motifs is 6. The molecule has 0 bridgehead atoms. The summed E-state index contributed by atoms with van der Waals surface area (Å²) >= 11 is 12.6. The van der Waals surface area contributed by atoms with Crippen molar-refractivity contribution >= 4 is 51.7 Å². The Bertz CT molecular complexity index is 1780. The lowest BCUT2D eigenvalue weighted by Crippen LogP contribution is -2.61. The first-order chi connectivity index (χ1) is 20.3. The topological polar surface area (TPSA) is 85.7 Å². The summed E-state index contributed by atoms with van der Waals surface area (Å²) in [6.45, 7) is 0.823. The van der Waals surface area contributed by atoms with E-state index < -0.39 is 29.3 Å². The molecule has 0 unspecified atom stereocenters. The third-order valence-electron chi connectivity index (χ3n) is 9.10. The van der Waals surface area contributed by atoms with Gasteiger partial charge >= 0.3 is 5.97 Å². The van der Waals surface area contributed by atoms with E-state index in [0.29, 0.717) is 53.3 Å². The highest BCUT2D eigenvalue weighted by atomic mass is 35.5. The number of ether oxygens (including phenoxy) is 2. The van der Waals surface area contributed by atoms with Gasteiger partial charge in [0.15, 0.2) is 0 Å². The second-order valence-electron chi connectivity index (χ2n) is 11.0. The number of esters is 1. The van der Waals surface area contributed by atoms with Crippen LogP contribution in [0.3, 0.4) is 0 Å². The lowest BCUT2D eigenvalue weighted by atomic mass is 9.71. The Morgan fingerprint density at radius 3 is 2.79 bits per heavy atom. The van der Waals surface area contributed by atoms with E-state index in [9.17, 15) is 9.59 Å². The smallest absolute Gasteiger partial charge is 0.337 e. The van der Waals surface area contributed by atoms with Gasteiger partial charge in [-0.05, 0) is 41.5 Å². The highest BCUT2D eigenvalue weighted by molar-refractivity contribution is 6.31. The van der Waals surface area contributed by atoms with Crippen molar-refractivity contribution in [3.63, 3.8) is 0 Å². The van der Waals surface area contributed by atoms with Gasteiger partial charge in [-0.1, -0.05) is 47.5 Å². The molecule has 0 radical (unpaired) electrons. The number of likely N-dealkylation sites (tertiary alicyclic amines) is 1. The lowest BCUT2D eigenvalue weighted by Gasteiger charge is -2.45. The van der Waals surface area contributed by atoms with E-state index in [1.807, 2.05) is 16.8 Å². The summed E-state index contributed by atoms with van der Waals surface area (Å²) in [6.07, 6.45) is 0.908. The summed E-state index contributed by atoms with van der Waals surface area (Å²) in [7, 11) is 2.96. The second kappa shape index (κ2) is 10.1. The molecule has 7 rings (SSSR count). The van der Waals surface area contributed by atoms with Gasteiger partial charge in [0, 0.05) is 60.2 Å². The minimum absolute atomic E-state index is 0.00972. The molecular formula is C31H27Cl2FN4O4. The zero-order chi connectivity index (χ0) is 29.3. The fraction of sp³-hybridized carbons (Fsp3) is 0.323. The van der Waals surface area contributed by atoms with Gasteiger partial charge in [0.1, 0.15) is 11.4 Å². The zero-order valence-corrected chi connectivity index (χ0v) is 24.4. The van der Waals surface area contributed by atoms with Crippen molar-refractivity contribution in [2.24, 2.45) is 0 Å². The van der Waals surface area contributed by atoms with Gasteiger partial charge < -0.3 is 14.8 Å². The Morgan fingerprint density at radius 2 is 2.00 bits per heavy atom. The van der Waals surface area contributed by atoms with Crippen molar-refractivity contribution in [3.05, 3.63) is 92.8 Å². The van der Waals surface area contributed by atoms with Crippen LogP contribution in [0.15, 0.2) is 54.6 Å². The molecule has 3 aliphatic heterocycles. The average Bonchev–Trinajstić information content (AvgIpc) is 3.59. The lowest BCUT2D eigenvalue weighted by molar-refractivity contribution is -0.129. The maximum Gasteiger partial charge on any atom is 0.337 e. The van der Waals surface area contributed by atoms with Gasteiger partial charge in [-0.3, -0.25) is 14.4 Å². The summed E-state index contributed by atoms with van der Waals surface area (Å²) in [4.78, 5) is 28.9. The number of aromatic nitrogens is 2. The Morgan fingerprint density at radius 1 is 1.17 bits per heavy atom. The van der Waals surface area contributed by atoms with Crippen LogP contribution in [0.25, 0.3) is 10.9 Å². The highest BCUT2D eigenvalue weighted by Crippen LogP contribution is 2.59. The molecule has 4 atom stereocenters. The number of carbonyl (C=O) groups is 2. The number of halogens is 3. The number of hydrogen-bond donors (Lipinski definition) is 1. The third kappa shape index (κ3) is 3.84. The number of carbonyl (C=O) groups excluding carboxylic acids is 2. The van der Waals surface area contributed by atoms with Gasteiger partial charge in [-0.25, -0.2) is 9.18 Å². The fourth-order valence-corrected chi connectivity index (χ4v) is 7.76. The maximum absolute atomic E-state index is 16.1. The molecular weight excluding hydrogens is 582 g/mol. The Balaban J connectivity index is 1.46. The van der Waals surface area contributed by atoms with Gasteiger partial charge in [-0.15, -0.1) is 0 Å². The predicted molar refractivity (Wildman–Crippen MR) is 157 cm³/mol. The van der Waals surface area contributed by atoms with E-state index in [1.54, 1.807) is 43.5 Å². The van der Waals surface area contributed by atoms with Crippen molar-refractivity contribution in [2.45, 2.75) is 36.4 Å². The quantitative estimate of drug-likeness (QED) is 0.305. The molecule has 4 heterocycles. The van der Waals surface area contributed by atoms with Crippen molar-refractivity contribution in [2.75, 3.05) is 32.7 Å². The van der Waals surface area contributed by atoms with Crippen molar-refractivity contribution in [3.8, 4) is 0 Å². The number of benzene rings is 3. The molecule has 3 aliphatic rings. The van der Waals surface area contributed by atoms with E-state index in [4.69, 9.17) is 37.8 Å². The molecule has 1 amide bonds. The highest BCUT2D eigenvalue weighted by Gasteiger charge is 2.67. The summed E-state index contributed by atoms with van der Waals surface area (Å²) in [5.41, 5.74) is 2.72. The van der Waals surface area contributed by atoms with Crippen molar-refractivity contribution < 1.29 is 23.5 Å². The summed E-state index contributed by atoms with van der Waals surface area (Å²) in [5.74, 6) is -1.90. The molecule has 42 heavy (non-hydrogen) atoms. The van der Waals surface area contributed by atoms with Gasteiger partial charge in [0.25, 0.3) is 0 Å². The molecule has 0 aliphatic carbocycles. The molecule has 1 N–H and O–H groups in total. The molecule has 8 nitrogen and oxygen atoms in total. The van der Waals surface area contributed by atoms with Crippen LogP contribution in [0.5, 0.6) is 0 Å². The first kappa shape index (κ1) is 27.3. The van der Waals surface area contributed by atoms with Crippen molar-refractivity contribution in [1.29, 1.82) is 0 Å². The van der Waals surface area contributed by atoms with Crippen LogP contribution < -0.4 is 5.32 Å². The molecule has 4 aromatic rings. The van der Waals surface area contributed by atoms with Crippen LogP contribution in [-0.4, -0.2) is 65.5 Å². The maximum atomic E-state index is 16.1. The van der Waals surface area contributed by atoms with E-state index in [2.05, 4.69) is 10.2 Å². The van der Waals surface area contributed by atoms with Crippen LogP contribution in [-0.2, 0) is 27.1 Å². The van der Waals surface area contributed by atoms with Gasteiger partial charge in [0.2, 0.25) is 5.91 Å². The number of rotatable bonds is 5. The number of nitrogens with one attached hydrogen (secondary N) is 1. The van der Waals surface area contributed by atoms with Crippen LogP contribution >= 0.6 is 23.2 Å². The van der Waals surface area contributed by atoms with Crippen LogP contribution in [0.4, 0.5) is 10.1 Å². The Kier molecular flexibility index (Phi) is 6.54. The van der Waals surface area contributed by atoms with Crippen molar-refractivity contribution in [1.82, 2.24) is 14.7 Å². The number of hydrogen-bond acceptors (Lipinski definition) is 6. The molecule has 1 fully saturated rings. The minimum Gasteiger partial charge on any atom is -0.465 e. The molecule has 1 spiro atoms. The number of nitrogens with zero attached hydrogens (tertiary/aromatic N) is 3. The second-order valence-corrected chi connectivity index (χ2v) is 11.9. The predicted octanol–water partition coefficient (Wildman–Crippen LogP) is 5.41. The summed E-state index contributed by atoms with van der Waals surface area (Å²) in [5, 5.41) is 9.46. The van der Waals surface area contributed by atoms with Gasteiger partial charge in [-0.2, -0.15) is 5.10 Å². The van der Waals surface area contributed by atoms with Crippen LogP contribution in [0.2, 0.25) is 10.0 Å². The minimum atomic E-state index is -1.17. The molecule has 11 heteroatoms. The Labute approximate surface area is 251 Å². The van der Waals surface area contributed by atoms with Crippen LogP contribution in [0.1, 0.15) is 39.1 Å². The molecule has 0 saturated carbocycles. The average molecular weight is 609 g/mol. The van der Waals surface area contributed by atoms with E-state index >= 15 is 4.39 Å². The Hall–Kier alpha value is -3.50. The number of amides is 1. The third-order valence-corrected chi connectivity index (χ3v) is 9.62. The number of anilines is 1. The van der Waals surface area contributed by atoms with E-state index in [0.717, 1.165) is 16.6 Å². The van der Waals surface area contributed by atoms with Gasteiger partial charge in [0.05, 0.1) is 35.9 Å². The summed E-state index contributed by atoms with van der Waals surface area (Å²) in [6, 6.07) is 15.1.